The van der Waals surface area contributed by atoms with Gasteiger partial charge in [0.05, 0.1) is 5.60 Å². The lowest BCUT2D eigenvalue weighted by atomic mass is 9.88. The van der Waals surface area contributed by atoms with Gasteiger partial charge >= 0.3 is 0 Å². The zero-order valence-electron chi connectivity index (χ0n) is 8.61. The van der Waals surface area contributed by atoms with Crippen molar-refractivity contribution in [2.24, 2.45) is 5.92 Å². The third-order valence-corrected chi connectivity index (χ3v) is 3.38. The molecule has 76 valence electrons. The highest BCUT2D eigenvalue weighted by atomic mass is 16.3. The van der Waals surface area contributed by atoms with Crippen LogP contribution in [0.4, 0.5) is 0 Å². The van der Waals surface area contributed by atoms with Gasteiger partial charge in [-0.05, 0) is 30.9 Å². The van der Waals surface area contributed by atoms with Gasteiger partial charge in [0.2, 0.25) is 0 Å². The maximum Gasteiger partial charge on any atom is 0.0728 e. The second-order valence-corrected chi connectivity index (χ2v) is 4.39. The maximum absolute atomic E-state index is 10.4. The van der Waals surface area contributed by atoms with Crippen LogP contribution in [-0.2, 0) is 6.42 Å². The van der Waals surface area contributed by atoms with Crippen LogP contribution in [0.15, 0.2) is 24.4 Å². The van der Waals surface area contributed by atoms with Crippen molar-refractivity contribution < 1.29 is 5.11 Å². The minimum absolute atomic E-state index is 0.407. The minimum atomic E-state index is -0.506. The molecule has 0 spiro atoms. The van der Waals surface area contributed by atoms with E-state index < -0.39 is 5.60 Å². The SMILES string of the molecule is CC1CCCC1(O)Cc1ccccn1. The third-order valence-electron chi connectivity index (χ3n) is 3.38. The largest absolute Gasteiger partial charge is 0.389 e. The normalized spacial score (nSPS) is 32.0. The molecule has 0 bridgehead atoms. The topological polar surface area (TPSA) is 33.1 Å². The molecule has 2 rings (SSSR count). The molecule has 0 aromatic carbocycles. The fourth-order valence-electron chi connectivity index (χ4n) is 2.31. The van der Waals surface area contributed by atoms with Crippen molar-refractivity contribution in [3.8, 4) is 0 Å². The molecule has 2 nitrogen and oxygen atoms in total. The van der Waals surface area contributed by atoms with E-state index in [1.165, 1.54) is 0 Å². The molecule has 0 amide bonds. The summed E-state index contributed by atoms with van der Waals surface area (Å²) < 4.78 is 0. The van der Waals surface area contributed by atoms with E-state index in [1.807, 2.05) is 18.2 Å². The molecule has 1 N–H and O–H groups in total. The van der Waals surface area contributed by atoms with E-state index in [0.717, 1.165) is 25.0 Å². The van der Waals surface area contributed by atoms with Crippen LogP contribution in [-0.4, -0.2) is 15.7 Å². The first-order valence-electron chi connectivity index (χ1n) is 5.33. The van der Waals surface area contributed by atoms with Crippen molar-refractivity contribution in [1.29, 1.82) is 0 Å². The van der Waals surface area contributed by atoms with Gasteiger partial charge in [0.1, 0.15) is 0 Å². The van der Waals surface area contributed by atoms with Crippen LogP contribution >= 0.6 is 0 Å². The van der Waals surface area contributed by atoms with Gasteiger partial charge in [-0.1, -0.05) is 19.4 Å². The van der Waals surface area contributed by atoms with Crippen molar-refractivity contribution in [3.05, 3.63) is 30.1 Å². The fourth-order valence-corrected chi connectivity index (χ4v) is 2.31. The molecule has 0 saturated heterocycles. The Morgan fingerprint density at radius 1 is 1.57 bits per heavy atom. The number of hydrogen-bond donors (Lipinski definition) is 1. The number of pyridine rings is 1. The van der Waals surface area contributed by atoms with Gasteiger partial charge in [-0.25, -0.2) is 0 Å². The average molecular weight is 191 g/mol. The summed E-state index contributed by atoms with van der Waals surface area (Å²) in [6.45, 7) is 2.13. The maximum atomic E-state index is 10.4. The van der Waals surface area contributed by atoms with Crippen molar-refractivity contribution in [3.63, 3.8) is 0 Å². The van der Waals surface area contributed by atoms with Gasteiger partial charge in [0.15, 0.2) is 0 Å². The van der Waals surface area contributed by atoms with Crippen molar-refractivity contribution in [2.45, 2.75) is 38.2 Å². The molecule has 2 atom stereocenters. The summed E-state index contributed by atoms with van der Waals surface area (Å²) in [6.07, 6.45) is 5.70. The molecule has 2 heteroatoms. The van der Waals surface area contributed by atoms with Crippen LogP contribution in [0.2, 0.25) is 0 Å². The zero-order valence-corrected chi connectivity index (χ0v) is 8.61. The molecule has 1 aromatic rings. The molecule has 2 unspecified atom stereocenters. The highest BCUT2D eigenvalue weighted by Gasteiger charge is 2.38. The summed E-state index contributed by atoms with van der Waals surface area (Å²) >= 11 is 0. The van der Waals surface area contributed by atoms with E-state index in [9.17, 15) is 5.11 Å². The van der Waals surface area contributed by atoms with Crippen LogP contribution in [0.1, 0.15) is 31.9 Å². The molecule has 1 saturated carbocycles. The van der Waals surface area contributed by atoms with Gasteiger partial charge in [0, 0.05) is 18.3 Å². The van der Waals surface area contributed by atoms with Crippen LogP contribution in [0, 0.1) is 5.92 Å². The summed E-state index contributed by atoms with van der Waals surface area (Å²) in [4.78, 5) is 4.26. The van der Waals surface area contributed by atoms with E-state index >= 15 is 0 Å². The van der Waals surface area contributed by atoms with Crippen molar-refractivity contribution >= 4 is 0 Å². The van der Waals surface area contributed by atoms with Crippen LogP contribution in [0.3, 0.4) is 0 Å². The summed E-state index contributed by atoms with van der Waals surface area (Å²) in [5, 5.41) is 10.4. The Morgan fingerprint density at radius 2 is 2.43 bits per heavy atom. The van der Waals surface area contributed by atoms with Gasteiger partial charge < -0.3 is 5.11 Å². The first-order valence-corrected chi connectivity index (χ1v) is 5.33. The molecule has 1 aliphatic carbocycles. The standard InChI is InChI=1S/C12H17NO/c1-10-5-4-7-12(10,14)9-11-6-2-3-8-13-11/h2-3,6,8,10,14H,4-5,7,9H2,1H3. The lowest BCUT2D eigenvalue weighted by Crippen LogP contribution is -2.34. The summed E-state index contributed by atoms with van der Waals surface area (Å²) in [6, 6.07) is 5.87. The number of rotatable bonds is 2. The Morgan fingerprint density at radius 3 is 3.00 bits per heavy atom. The Bertz CT molecular complexity index is 298. The third kappa shape index (κ3) is 1.80. The second kappa shape index (κ2) is 3.70. The van der Waals surface area contributed by atoms with E-state index in [2.05, 4.69) is 11.9 Å². The van der Waals surface area contributed by atoms with E-state index in [0.29, 0.717) is 12.3 Å². The van der Waals surface area contributed by atoms with Crippen LogP contribution in [0.25, 0.3) is 0 Å². The second-order valence-electron chi connectivity index (χ2n) is 4.39. The van der Waals surface area contributed by atoms with Gasteiger partial charge in [0.25, 0.3) is 0 Å². The highest BCUT2D eigenvalue weighted by Crippen LogP contribution is 2.37. The Balaban J connectivity index is 2.10. The molecule has 1 fully saturated rings. The summed E-state index contributed by atoms with van der Waals surface area (Å²) in [7, 11) is 0. The van der Waals surface area contributed by atoms with Gasteiger partial charge in [-0.2, -0.15) is 0 Å². The Labute approximate surface area is 85.0 Å². The lowest BCUT2D eigenvalue weighted by molar-refractivity contribution is 0.00873. The van der Waals surface area contributed by atoms with Gasteiger partial charge in [-0.3, -0.25) is 4.98 Å². The predicted molar refractivity (Wildman–Crippen MR) is 55.9 cm³/mol. The lowest BCUT2D eigenvalue weighted by Gasteiger charge is -2.27. The molecule has 1 heterocycles. The van der Waals surface area contributed by atoms with Crippen molar-refractivity contribution in [1.82, 2.24) is 4.98 Å². The minimum Gasteiger partial charge on any atom is -0.389 e. The van der Waals surface area contributed by atoms with Crippen molar-refractivity contribution in [2.75, 3.05) is 0 Å². The Hall–Kier alpha value is -0.890. The Kier molecular flexibility index (Phi) is 2.55. The first kappa shape index (κ1) is 9.66. The molecule has 1 aromatic heterocycles. The van der Waals surface area contributed by atoms with Crippen LogP contribution in [0.5, 0.6) is 0 Å². The summed E-state index contributed by atoms with van der Waals surface area (Å²) in [5.74, 6) is 0.407. The molecule has 0 aliphatic heterocycles. The molecular formula is C12H17NO. The molecular weight excluding hydrogens is 174 g/mol. The highest BCUT2D eigenvalue weighted by molar-refractivity contribution is 5.09. The number of nitrogens with zero attached hydrogens (tertiary/aromatic N) is 1. The molecule has 0 radical (unpaired) electrons. The number of aromatic nitrogens is 1. The fraction of sp³-hybridized carbons (Fsp3) is 0.583. The number of hydrogen-bond acceptors (Lipinski definition) is 2. The summed E-state index contributed by atoms with van der Waals surface area (Å²) in [5.41, 5.74) is 0.498. The van der Waals surface area contributed by atoms with E-state index in [-0.39, 0.29) is 0 Å². The van der Waals surface area contributed by atoms with E-state index in [4.69, 9.17) is 0 Å². The van der Waals surface area contributed by atoms with Crippen LogP contribution < -0.4 is 0 Å². The van der Waals surface area contributed by atoms with Gasteiger partial charge in [-0.15, -0.1) is 0 Å². The monoisotopic (exact) mass is 191 g/mol. The quantitative estimate of drug-likeness (QED) is 0.777. The number of aliphatic hydroxyl groups is 1. The zero-order chi connectivity index (χ0) is 10.0. The van der Waals surface area contributed by atoms with E-state index in [1.54, 1.807) is 6.20 Å². The molecule has 1 aliphatic rings. The smallest absolute Gasteiger partial charge is 0.0728 e. The first-order chi connectivity index (χ1) is 6.71. The predicted octanol–water partition coefficient (Wildman–Crippen LogP) is 2.18. The average Bonchev–Trinajstić information content (AvgIpc) is 2.48. The molecule has 14 heavy (non-hydrogen) atoms.